The molecule has 0 atom stereocenters. The molecule has 0 fully saturated rings. The Morgan fingerprint density at radius 3 is 2.22 bits per heavy atom. The number of nitrogens with two attached hydrogens (primary N) is 1. The van der Waals surface area contributed by atoms with E-state index in [1.807, 2.05) is 43.4 Å². The Kier molecular flexibility index (Phi) is 5.09. The average molecular weight is 310 g/mol. The van der Waals surface area contributed by atoms with Crippen LogP contribution in [0.2, 0.25) is 0 Å². The topological polar surface area (TPSA) is 46.3 Å². The van der Waals surface area contributed by atoms with Gasteiger partial charge in [-0.2, -0.15) is 0 Å². The first-order valence-corrected chi connectivity index (χ1v) is 7.99. The third kappa shape index (κ3) is 4.35. The van der Waals surface area contributed by atoms with Crippen LogP contribution in [-0.2, 0) is 16.6 Å². The number of carbonyl (C=O) groups excluding carboxylic acids is 1. The first-order chi connectivity index (χ1) is 10.8. The van der Waals surface area contributed by atoms with Crippen LogP contribution in [-0.4, -0.2) is 13.0 Å². The normalized spacial score (nSPS) is 11.3. The summed E-state index contributed by atoms with van der Waals surface area (Å²) in [6, 6.07) is 15.9. The number of carbonyl (C=O) groups is 1. The van der Waals surface area contributed by atoms with Crippen LogP contribution in [0.5, 0.6) is 0 Å². The maximum atomic E-state index is 12.4. The quantitative estimate of drug-likeness (QED) is 0.862. The van der Waals surface area contributed by atoms with E-state index in [0.717, 1.165) is 16.9 Å². The van der Waals surface area contributed by atoms with E-state index in [9.17, 15) is 4.79 Å². The molecule has 3 nitrogen and oxygen atoms in total. The summed E-state index contributed by atoms with van der Waals surface area (Å²) in [6.45, 7) is 6.55. The fourth-order valence-electron chi connectivity index (χ4n) is 2.50. The van der Waals surface area contributed by atoms with Crippen molar-refractivity contribution in [3.05, 3.63) is 59.7 Å². The van der Waals surface area contributed by atoms with Gasteiger partial charge in [0.25, 0.3) is 0 Å². The Labute approximate surface area is 139 Å². The molecular formula is C20H26N2O. The number of aryl methyl sites for hydroxylation is 1. The van der Waals surface area contributed by atoms with E-state index >= 15 is 0 Å². The number of nitrogens with zero attached hydrogens (tertiary/aromatic N) is 1. The molecule has 2 N–H and O–H groups in total. The molecule has 0 aliphatic carbocycles. The standard InChI is InChI=1S/C20H26N2O/c1-20(2,3)16-10-12-17(13-11-16)22(4)19(23)14-9-15-7-5-6-8-18(15)21/h5-8,10-13H,9,14,21H2,1-4H3. The Morgan fingerprint density at radius 1 is 1.04 bits per heavy atom. The molecule has 0 aliphatic rings. The summed E-state index contributed by atoms with van der Waals surface area (Å²) in [5.74, 6) is 0.0942. The van der Waals surface area contributed by atoms with Crippen LogP contribution in [0.4, 0.5) is 11.4 Å². The zero-order chi connectivity index (χ0) is 17.0. The van der Waals surface area contributed by atoms with Crippen molar-refractivity contribution in [2.75, 3.05) is 17.7 Å². The number of hydrogen-bond donors (Lipinski definition) is 1. The first kappa shape index (κ1) is 17.1. The molecular weight excluding hydrogens is 284 g/mol. The lowest BCUT2D eigenvalue weighted by atomic mass is 9.87. The highest BCUT2D eigenvalue weighted by Crippen LogP contribution is 2.25. The molecule has 23 heavy (non-hydrogen) atoms. The van der Waals surface area contributed by atoms with Crippen LogP contribution in [0, 0.1) is 0 Å². The number of anilines is 2. The molecule has 0 aromatic heterocycles. The van der Waals surface area contributed by atoms with Crippen molar-refractivity contribution in [3.8, 4) is 0 Å². The van der Waals surface area contributed by atoms with Crippen molar-refractivity contribution >= 4 is 17.3 Å². The average Bonchev–Trinajstić information content (AvgIpc) is 2.52. The van der Waals surface area contributed by atoms with Gasteiger partial charge < -0.3 is 10.6 Å². The molecule has 0 saturated carbocycles. The van der Waals surface area contributed by atoms with Gasteiger partial charge in [-0.15, -0.1) is 0 Å². The summed E-state index contributed by atoms with van der Waals surface area (Å²) in [4.78, 5) is 14.1. The van der Waals surface area contributed by atoms with Gasteiger partial charge in [-0.05, 0) is 41.2 Å². The summed E-state index contributed by atoms with van der Waals surface area (Å²) >= 11 is 0. The molecule has 122 valence electrons. The number of amides is 1. The van der Waals surface area contributed by atoms with Crippen LogP contribution in [0.1, 0.15) is 38.3 Å². The lowest BCUT2D eigenvalue weighted by Gasteiger charge is -2.22. The number of nitrogen functional groups attached to an aromatic ring is 1. The van der Waals surface area contributed by atoms with E-state index in [0.29, 0.717) is 12.8 Å². The van der Waals surface area contributed by atoms with Crippen LogP contribution in [0.25, 0.3) is 0 Å². The maximum Gasteiger partial charge on any atom is 0.227 e. The van der Waals surface area contributed by atoms with Crippen molar-refractivity contribution in [2.24, 2.45) is 0 Å². The molecule has 0 unspecified atom stereocenters. The van der Waals surface area contributed by atoms with Gasteiger partial charge >= 0.3 is 0 Å². The lowest BCUT2D eigenvalue weighted by Crippen LogP contribution is -2.26. The highest BCUT2D eigenvalue weighted by Gasteiger charge is 2.15. The van der Waals surface area contributed by atoms with Crippen LogP contribution in [0.3, 0.4) is 0 Å². The van der Waals surface area contributed by atoms with Crippen molar-refractivity contribution in [1.29, 1.82) is 0 Å². The zero-order valence-corrected chi connectivity index (χ0v) is 14.5. The molecule has 2 aromatic carbocycles. The minimum absolute atomic E-state index is 0.0942. The Bertz CT molecular complexity index is 669. The first-order valence-electron chi connectivity index (χ1n) is 7.99. The van der Waals surface area contributed by atoms with Gasteiger partial charge in [0.2, 0.25) is 5.91 Å². The summed E-state index contributed by atoms with van der Waals surface area (Å²) in [7, 11) is 1.82. The summed E-state index contributed by atoms with van der Waals surface area (Å²) < 4.78 is 0. The lowest BCUT2D eigenvalue weighted by molar-refractivity contribution is -0.118. The van der Waals surface area contributed by atoms with Gasteiger partial charge in [-0.25, -0.2) is 0 Å². The largest absolute Gasteiger partial charge is 0.399 e. The Hall–Kier alpha value is -2.29. The fraction of sp³-hybridized carbons (Fsp3) is 0.350. The maximum absolute atomic E-state index is 12.4. The second-order valence-electron chi connectivity index (χ2n) is 6.95. The number of rotatable bonds is 4. The van der Waals surface area contributed by atoms with E-state index < -0.39 is 0 Å². The monoisotopic (exact) mass is 310 g/mol. The van der Waals surface area contributed by atoms with E-state index in [4.69, 9.17) is 5.73 Å². The van der Waals surface area contributed by atoms with Gasteiger partial charge in [0.1, 0.15) is 0 Å². The summed E-state index contributed by atoms with van der Waals surface area (Å²) in [5, 5.41) is 0. The molecule has 0 saturated heterocycles. The number of hydrogen-bond acceptors (Lipinski definition) is 2. The molecule has 2 aromatic rings. The molecule has 1 amide bonds. The Morgan fingerprint density at radius 2 is 1.65 bits per heavy atom. The van der Waals surface area contributed by atoms with E-state index in [2.05, 4.69) is 32.9 Å². The molecule has 0 bridgehead atoms. The van der Waals surface area contributed by atoms with Crippen molar-refractivity contribution in [3.63, 3.8) is 0 Å². The van der Waals surface area contributed by atoms with Crippen molar-refractivity contribution in [2.45, 2.75) is 39.0 Å². The highest BCUT2D eigenvalue weighted by molar-refractivity contribution is 5.93. The number of benzene rings is 2. The molecule has 0 spiro atoms. The van der Waals surface area contributed by atoms with Gasteiger partial charge in [0, 0.05) is 24.8 Å². The SMILES string of the molecule is CN(C(=O)CCc1ccccc1N)c1ccc(C(C)(C)C)cc1. The van der Waals surface area contributed by atoms with E-state index in [1.54, 1.807) is 4.90 Å². The smallest absolute Gasteiger partial charge is 0.227 e. The minimum Gasteiger partial charge on any atom is -0.399 e. The van der Waals surface area contributed by atoms with Crippen LogP contribution < -0.4 is 10.6 Å². The summed E-state index contributed by atoms with van der Waals surface area (Å²) in [6.07, 6.45) is 1.11. The van der Waals surface area contributed by atoms with E-state index in [-0.39, 0.29) is 11.3 Å². The Balaban J connectivity index is 2.01. The fourth-order valence-corrected chi connectivity index (χ4v) is 2.50. The molecule has 2 rings (SSSR count). The van der Waals surface area contributed by atoms with Gasteiger partial charge in [-0.1, -0.05) is 51.1 Å². The summed E-state index contributed by atoms with van der Waals surface area (Å²) in [5.41, 5.74) is 10.00. The second-order valence-corrected chi connectivity index (χ2v) is 6.95. The highest BCUT2D eigenvalue weighted by atomic mass is 16.2. The zero-order valence-electron chi connectivity index (χ0n) is 14.5. The second kappa shape index (κ2) is 6.86. The van der Waals surface area contributed by atoms with Crippen LogP contribution >= 0.6 is 0 Å². The third-order valence-corrected chi connectivity index (χ3v) is 4.16. The molecule has 3 heteroatoms. The van der Waals surface area contributed by atoms with Crippen molar-refractivity contribution in [1.82, 2.24) is 0 Å². The van der Waals surface area contributed by atoms with Gasteiger partial charge in [0.05, 0.1) is 0 Å². The third-order valence-electron chi connectivity index (χ3n) is 4.16. The minimum atomic E-state index is 0.0942. The predicted octanol–water partition coefficient (Wildman–Crippen LogP) is 4.16. The van der Waals surface area contributed by atoms with Gasteiger partial charge in [-0.3, -0.25) is 4.79 Å². The van der Waals surface area contributed by atoms with Crippen molar-refractivity contribution < 1.29 is 4.79 Å². The van der Waals surface area contributed by atoms with Crippen LogP contribution in [0.15, 0.2) is 48.5 Å². The molecule has 0 radical (unpaired) electrons. The molecule has 0 aliphatic heterocycles. The molecule has 0 heterocycles. The predicted molar refractivity (Wildman–Crippen MR) is 97.7 cm³/mol. The van der Waals surface area contributed by atoms with Gasteiger partial charge in [0.15, 0.2) is 0 Å². The number of para-hydroxylation sites is 1. The van der Waals surface area contributed by atoms with E-state index in [1.165, 1.54) is 5.56 Å².